The van der Waals surface area contributed by atoms with Crippen LogP contribution in [-0.4, -0.2) is 56.2 Å². The molecule has 1 unspecified atom stereocenters. The average Bonchev–Trinajstić information content (AvgIpc) is 2.52. The topological polar surface area (TPSA) is 113 Å². The molecule has 0 heterocycles. The van der Waals surface area contributed by atoms with Gasteiger partial charge in [0, 0.05) is 7.05 Å². The zero-order valence-electron chi connectivity index (χ0n) is 13.4. The largest absolute Gasteiger partial charge is 0.495 e. The van der Waals surface area contributed by atoms with Gasteiger partial charge in [-0.15, -0.1) is 0 Å². The maximum atomic E-state index is 12.0. The number of nitrogens with one attached hydrogen (secondary N) is 1. The second-order valence-electron chi connectivity index (χ2n) is 4.89. The van der Waals surface area contributed by atoms with Crippen molar-refractivity contribution in [2.45, 2.75) is 13.0 Å². The van der Waals surface area contributed by atoms with E-state index in [1.54, 1.807) is 0 Å². The molecule has 0 saturated heterocycles. The molecule has 10 heteroatoms. The van der Waals surface area contributed by atoms with Gasteiger partial charge in [0.05, 0.1) is 24.4 Å². The molecule has 0 fully saturated rings. The molecular weight excluding hydrogens is 360 g/mol. The Morgan fingerprint density at radius 1 is 1.42 bits per heavy atom. The van der Waals surface area contributed by atoms with Crippen LogP contribution in [0.1, 0.15) is 18.5 Å². The number of likely N-dealkylation sites (N-methyl/N-ethyl adjacent to an activating group) is 1. The van der Waals surface area contributed by atoms with Gasteiger partial charge < -0.3 is 15.2 Å². The summed E-state index contributed by atoms with van der Waals surface area (Å²) in [5.41, 5.74) is 0.239. The third kappa shape index (κ3) is 5.08. The van der Waals surface area contributed by atoms with Crippen molar-refractivity contribution in [3.05, 3.63) is 28.8 Å². The van der Waals surface area contributed by atoms with Crippen molar-refractivity contribution in [2.75, 3.05) is 26.5 Å². The minimum Gasteiger partial charge on any atom is -0.495 e. The standard InChI is InChI=1S/C14H19ClN2O6S/c1-4-24(21,22)17(2)8-12(18)16-13(14(19)20)9-5-6-11(23-3)10(15)7-9/h5-7,13H,4,8H2,1-3H3,(H,16,18)(H,19,20). The molecule has 0 bridgehead atoms. The SMILES string of the molecule is CCS(=O)(=O)N(C)CC(=O)NC(C(=O)O)c1ccc(OC)c(Cl)c1. The van der Waals surface area contributed by atoms with Crippen LogP contribution in [0.15, 0.2) is 18.2 Å². The summed E-state index contributed by atoms with van der Waals surface area (Å²) in [5, 5.41) is 11.8. The minimum absolute atomic E-state index is 0.159. The molecule has 1 atom stereocenters. The molecule has 1 aromatic rings. The predicted octanol–water partition coefficient (Wildman–Crippen LogP) is 0.872. The number of carboxylic acids is 1. The number of benzene rings is 1. The Kier molecular flexibility index (Phi) is 7.00. The van der Waals surface area contributed by atoms with Crippen molar-refractivity contribution in [1.82, 2.24) is 9.62 Å². The Balaban J connectivity index is 2.93. The molecule has 2 N–H and O–H groups in total. The first-order valence-electron chi connectivity index (χ1n) is 6.92. The number of ether oxygens (including phenoxy) is 1. The van der Waals surface area contributed by atoms with E-state index in [1.807, 2.05) is 0 Å². The van der Waals surface area contributed by atoms with E-state index in [9.17, 15) is 23.1 Å². The molecule has 0 saturated carbocycles. The van der Waals surface area contributed by atoms with Crippen molar-refractivity contribution in [1.29, 1.82) is 0 Å². The number of aliphatic carboxylic acids is 1. The number of carbonyl (C=O) groups is 2. The molecule has 0 aliphatic rings. The molecule has 8 nitrogen and oxygen atoms in total. The second kappa shape index (κ2) is 8.32. The predicted molar refractivity (Wildman–Crippen MR) is 88.6 cm³/mol. The lowest BCUT2D eigenvalue weighted by molar-refractivity contribution is -0.142. The Morgan fingerprint density at radius 3 is 2.50 bits per heavy atom. The highest BCUT2D eigenvalue weighted by Gasteiger charge is 2.25. The quantitative estimate of drug-likeness (QED) is 0.694. The van der Waals surface area contributed by atoms with Crippen LogP contribution < -0.4 is 10.1 Å². The van der Waals surface area contributed by atoms with Gasteiger partial charge in [0.1, 0.15) is 5.75 Å². The number of hydrogen-bond donors (Lipinski definition) is 2. The van der Waals surface area contributed by atoms with E-state index < -0.39 is 34.5 Å². The van der Waals surface area contributed by atoms with E-state index in [4.69, 9.17) is 16.3 Å². The number of amides is 1. The van der Waals surface area contributed by atoms with E-state index in [2.05, 4.69) is 5.32 Å². The lowest BCUT2D eigenvalue weighted by Crippen LogP contribution is -2.42. The van der Waals surface area contributed by atoms with Gasteiger partial charge in [-0.2, -0.15) is 4.31 Å². The number of nitrogens with zero attached hydrogens (tertiary/aromatic N) is 1. The molecule has 0 aliphatic carbocycles. The van der Waals surface area contributed by atoms with Crippen LogP contribution in [0.25, 0.3) is 0 Å². The van der Waals surface area contributed by atoms with E-state index in [0.29, 0.717) is 5.75 Å². The van der Waals surface area contributed by atoms with Crippen LogP contribution in [0.4, 0.5) is 0 Å². The van der Waals surface area contributed by atoms with Crippen LogP contribution in [0.3, 0.4) is 0 Å². The Hall–Kier alpha value is -1.84. The van der Waals surface area contributed by atoms with Crippen molar-refractivity contribution in [3.8, 4) is 5.75 Å². The molecule has 0 spiro atoms. The average molecular weight is 379 g/mol. The highest BCUT2D eigenvalue weighted by Crippen LogP contribution is 2.27. The van der Waals surface area contributed by atoms with E-state index in [0.717, 1.165) is 4.31 Å². The van der Waals surface area contributed by atoms with Crippen LogP contribution in [0.5, 0.6) is 5.75 Å². The fourth-order valence-electron chi connectivity index (χ4n) is 1.88. The monoisotopic (exact) mass is 378 g/mol. The fraction of sp³-hybridized carbons (Fsp3) is 0.429. The van der Waals surface area contributed by atoms with E-state index in [1.165, 1.54) is 39.3 Å². The molecule has 1 amide bonds. The lowest BCUT2D eigenvalue weighted by Gasteiger charge is -2.19. The van der Waals surface area contributed by atoms with Crippen molar-refractivity contribution in [3.63, 3.8) is 0 Å². The number of halogens is 1. The summed E-state index contributed by atoms with van der Waals surface area (Å²) in [5.74, 6) is -1.84. The molecule has 0 radical (unpaired) electrons. The maximum absolute atomic E-state index is 12.0. The van der Waals surface area contributed by atoms with Crippen LogP contribution >= 0.6 is 11.6 Å². The summed E-state index contributed by atoms with van der Waals surface area (Å²) in [6.07, 6.45) is 0. The number of sulfonamides is 1. The summed E-state index contributed by atoms with van der Waals surface area (Å²) in [6.45, 7) is 0.965. The van der Waals surface area contributed by atoms with Crippen LogP contribution in [-0.2, 0) is 19.6 Å². The normalized spacial score (nSPS) is 12.7. The highest BCUT2D eigenvalue weighted by molar-refractivity contribution is 7.89. The summed E-state index contributed by atoms with van der Waals surface area (Å²) < 4.78 is 29.1. The third-order valence-corrected chi connectivity index (χ3v) is 5.37. The van der Waals surface area contributed by atoms with Gasteiger partial charge in [0.15, 0.2) is 6.04 Å². The number of carboxylic acid groups (broad SMARTS) is 1. The molecule has 1 rings (SSSR count). The Labute approximate surface area is 145 Å². The first kappa shape index (κ1) is 20.2. The smallest absolute Gasteiger partial charge is 0.330 e. The van der Waals surface area contributed by atoms with Crippen molar-refractivity contribution >= 4 is 33.5 Å². The Bertz CT molecular complexity index is 722. The van der Waals surface area contributed by atoms with E-state index >= 15 is 0 Å². The first-order chi connectivity index (χ1) is 11.1. The maximum Gasteiger partial charge on any atom is 0.330 e. The number of methoxy groups -OCH3 is 1. The molecule has 0 aromatic heterocycles. The molecule has 24 heavy (non-hydrogen) atoms. The third-order valence-electron chi connectivity index (χ3n) is 3.27. The second-order valence-corrected chi connectivity index (χ2v) is 7.66. The first-order valence-corrected chi connectivity index (χ1v) is 8.90. The van der Waals surface area contributed by atoms with E-state index in [-0.39, 0.29) is 16.3 Å². The summed E-state index contributed by atoms with van der Waals surface area (Å²) in [4.78, 5) is 23.4. The van der Waals surface area contributed by atoms with Crippen LogP contribution in [0, 0.1) is 0 Å². The Morgan fingerprint density at radius 2 is 2.04 bits per heavy atom. The van der Waals surface area contributed by atoms with Crippen molar-refractivity contribution in [2.24, 2.45) is 0 Å². The minimum atomic E-state index is -3.54. The lowest BCUT2D eigenvalue weighted by atomic mass is 10.1. The number of rotatable bonds is 8. The highest BCUT2D eigenvalue weighted by atomic mass is 35.5. The van der Waals surface area contributed by atoms with Gasteiger partial charge in [-0.25, -0.2) is 13.2 Å². The van der Waals surface area contributed by atoms with Gasteiger partial charge in [-0.05, 0) is 24.6 Å². The van der Waals surface area contributed by atoms with Gasteiger partial charge >= 0.3 is 5.97 Å². The van der Waals surface area contributed by atoms with Gasteiger partial charge in [0.25, 0.3) is 0 Å². The van der Waals surface area contributed by atoms with Gasteiger partial charge in [-0.3, -0.25) is 4.79 Å². The summed E-state index contributed by atoms with van der Waals surface area (Å²) in [7, 11) is -0.876. The molecular formula is C14H19ClN2O6S. The van der Waals surface area contributed by atoms with Crippen LogP contribution in [0.2, 0.25) is 5.02 Å². The zero-order chi connectivity index (χ0) is 18.5. The molecule has 1 aromatic carbocycles. The zero-order valence-corrected chi connectivity index (χ0v) is 15.0. The number of carbonyl (C=O) groups excluding carboxylic acids is 1. The van der Waals surface area contributed by atoms with Gasteiger partial charge in [-0.1, -0.05) is 17.7 Å². The van der Waals surface area contributed by atoms with Crippen molar-refractivity contribution < 1.29 is 27.9 Å². The van der Waals surface area contributed by atoms with Gasteiger partial charge in [0.2, 0.25) is 15.9 Å². The fourth-order valence-corrected chi connectivity index (χ4v) is 2.90. The molecule has 0 aliphatic heterocycles. The summed E-state index contributed by atoms with van der Waals surface area (Å²) in [6, 6.07) is 2.94. The summed E-state index contributed by atoms with van der Waals surface area (Å²) >= 11 is 5.96. The molecule has 134 valence electrons. The number of hydrogen-bond acceptors (Lipinski definition) is 5.